The van der Waals surface area contributed by atoms with Gasteiger partial charge in [-0.3, -0.25) is 14.5 Å². The Kier molecular flexibility index (Phi) is 5.80. The zero-order valence-corrected chi connectivity index (χ0v) is 15.9. The van der Waals surface area contributed by atoms with Crippen LogP contribution in [-0.2, 0) is 20.8 Å². The van der Waals surface area contributed by atoms with Crippen molar-refractivity contribution in [1.29, 1.82) is 0 Å². The van der Waals surface area contributed by atoms with Crippen LogP contribution in [0.3, 0.4) is 0 Å². The van der Waals surface area contributed by atoms with Crippen LogP contribution in [0.5, 0.6) is 0 Å². The Balaban J connectivity index is 1.91. The van der Waals surface area contributed by atoms with Crippen LogP contribution in [0.2, 0.25) is 0 Å². The van der Waals surface area contributed by atoms with Crippen molar-refractivity contribution in [2.24, 2.45) is 0 Å². The molecule has 2 N–H and O–H groups in total. The topological polar surface area (TPSA) is 99.3 Å². The van der Waals surface area contributed by atoms with Crippen molar-refractivity contribution in [2.75, 3.05) is 29.9 Å². The zero-order chi connectivity index (χ0) is 21.2. The molecule has 7 nitrogen and oxygen atoms in total. The van der Waals surface area contributed by atoms with Crippen LogP contribution in [0.15, 0.2) is 47.4 Å². The lowest BCUT2D eigenvalue weighted by Crippen LogP contribution is -2.46. The van der Waals surface area contributed by atoms with E-state index in [0.29, 0.717) is 17.8 Å². The number of aromatic nitrogens is 1. The van der Waals surface area contributed by atoms with Crippen molar-refractivity contribution >= 4 is 21.4 Å². The van der Waals surface area contributed by atoms with E-state index in [1.807, 2.05) is 4.98 Å². The predicted molar refractivity (Wildman–Crippen MR) is 100 cm³/mol. The zero-order valence-electron chi connectivity index (χ0n) is 15.1. The fraction of sp³-hybridized carbons (Fsp3) is 0.333. The molecule has 11 heteroatoms. The molecule has 3 rings (SSSR count). The van der Waals surface area contributed by atoms with Gasteiger partial charge in [-0.15, -0.1) is 0 Å². The molecule has 1 unspecified atom stereocenters. The van der Waals surface area contributed by atoms with E-state index in [2.05, 4.69) is 5.32 Å². The van der Waals surface area contributed by atoms with Crippen LogP contribution in [0.1, 0.15) is 17.2 Å². The summed E-state index contributed by atoms with van der Waals surface area (Å²) in [5.74, 6) is -0.984. The number of sulfone groups is 1. The summed E-state index contributed by atoms with van der Waals surface area (Å²) in [7, 11) is -3.20. The SMILES string of the molecule is O=C(Nc1cc(C(F)(F)F)c[nH]c1=O)C(c1ccccc1)N1CCS(=O)(=O)CC1. The molecule has 1 aromatic heterocycles. The Morgan fingerprint density at radius 2 is 1.76 bits per heavy atom. The quantitative estimate of drug-likeness (QED) is 0.772. The maximum atomic E-state index is 13.0. The maximum absolute atomic E-state index is 13.0. The number of amides is 1. The van der Waals surface area contributed by atoms with Gasteiger partial charge < -0.3 is 10.3 Å². The Labute approximate surface area is 164 Å². The van der Waals surface area contributed by atoms with E-state index < -0.39 is 44.8 Å². The summed E-state index contributed by atoms with van der Waals surface area (Å²) in [6.45, 7) is 0.183. The van der Waals surface area contributed by atoms with Crippen molar-refractivity contribution in [3.05, 3.63) is 64.1 Å². The fourth-order valence-corrected chi connectivity index (χ4v) is 4.32. The van der Waals surface area contributed by atoms with Crippen molar-refractivity contribution in [2.45, 2.75) is 12.2 Å². The number of nitrogens with one attached hydrogen (secondary N) is 2. The van der Waals surface area contributed by atoms with E-state index in [0.717, 1.165) is 0 Å². The van der Waals surface area contributed by atoms with Gasteiger partial charge in [0.15, 0.2) is 9.84 Å². The molecule has 1 fully saturated rings. The van der Waals surface area contributed by atoms with Gasteiger partial charge in [-0.2, -0.15) is 13.2 Å². The van der Waals surface area contributed by atoms with Gasteiger partial charge in [0.05, 0.1) is 17.1 Å². The summed E-state index contributed by atoms with van der Waals surface area (Å²) in [6, 6.07) is 8.03. The van der Waals surface area contributed by atoms with E-state index in [-0.39, 0.29) is 24.6 Å². The van der Waals surface area contributed by atoms with Crippen LogP contribution in [0.4, 0.5) is 18.9 Å². The molecule has 29 heavy (non-hydrogen) atoms. The number of aromatic amines is 1. The molecular weight excluding hydrogens is 411 g/mol. The lowest BCUT2D eigenvalue weighted by atomic mass is 10.0. The number of hydrogen-bond acceptors (Lipinski definition) is 5. The van der Waals surface area contributed by atoms with Gasteiger partial charge in [0.2, 0.25) is 5.91 Å². The second kappa shape index (κ2) is 7.99. The van der Waals surface area contributed by atoms with Gasteiger partial charge in [-0.05, 0) is 11.6 Å². The highest BCUT2D eigenvalue weighted by molar-refractivity contribution is 7.91. The lowest BCUT2D eigenvalue weighted by molar-refractivity contribution is -0.137. The monoisotopic (exact) mass is 429 g/mol. The van der Waals surface area contributed by atoms with Gasteiger partial charge in [-0.1, -0.05) is 30.3 Å². The molecule has 2 aromatic rings. The molecule has 0 saturated carbocycles. The summed E-state index contributed by atoms with van der Waals surface area (Å²) in [6.07, 6.45) is -4.16. The molecular formula is C18H18F3N3O4S. The standard InChI is InChI=1S/C18H18F3N3O4S/c19-18(20,21)13-10-14(16(25)22-11-13)23-17(26)15(12-4-2-1-3-5-12)24-6-8-29(27,28)9-7-24/h1-5,10-11,15H,6-9H2,(H,22,25)(H,23,26). The minimum absolute atomic E-state index is 0.0915. The number of rotatable bonds is 4. The van der Waals surface area contributed by atoms with Crippen molar-refractivity contribution in [3.63, 3.8) is 0 Å². The normalized spacial score (nSPS) is 18.2. The molecule has 0 radical (unpaired) electrons. The summed E-state index contributed by atoms with van der Waals surface area (Å²) in [4.78, 5) is 28.5. The summed E-state index contributed by atoms with van der Waals surface area (Å²) in [5, 5.41) is 2.27. The third-order valence-electron chi connectivity index (χ3n) is 4.60. The molecule has 1 aromatic carbocycles. The average molecular weight is 429 g/mol. The molecule has 1 amide bonds. The van der Waals surface area contributed by atoms with Crippen LogP contribution >= 0.6 is 0 Å². The average Bonchev–Trinajstić information content (AvgIpc) is 2.65. The van der Waals surface area contributed by atoms with Gasteiger partial charge in [0, 0.05) is 19.3 Å². The van der Waals surface area contributed by atoms with Crippen LogP contribution in [0, 0.1) is 0 Å². The van der Waals surface area contributed by atoms with Crippen LogP contribution in [-0.4, -0.2) is 48.8 Å². The number of carbonyl (C=O) groups is 1. The van der Waals surface area contributed by atoms with Crippen molar-refractivity contribution in [1.82, 2.24) is 9.88 Å². The first-order valence-electron chi connectivity index (χ1n) is 8.67. The second-order valence-corrected chi connectivity index (χ2v) is 8.92. The Bertz CT molecular complexity index is 1040. The summed E-state index contributed by atoms with van der Waals surface area (Å²) < 4.78 is 62.2. The molecule has 2 heterocycles. The van der Waals surface area contributed by atoms with E-state index >= 15 is 0 Å². The highest BCUT2D eigenvalue weighted by Gasteiger charge is 2.34. The Morgan fingerprint density at radius 1 is 1.14 bits per heavy atom. The van der Waals surface area contributed by atoms with E-state index in [4.69, 9.17) is 0 Å². The van der Waals surface area contributed by atoms with Crippen LogP contribution in [0.25, 0.3) is 0 Å². The van der Waals surface area contributed by atoms with Gasteiger partial charge in [0.25, 0.3) is 5.56 Å². The number of hydrogen-bond donors (Lipinski definition) is 2. The number of alkyl halides is 3. The third-order valence-corrected chi connectivity index (χ3v) is 6.21. The number of nitrogens with zero attached hydrogens (tertiary/aromatic N) is 1. The first-order chi connectivity index (χ1) is 13.6. The van der Waals surface area contributed by atoms with Crippen molar-refractivity contribution < 1.29 is 26.4 Å². The number of benzene rings is 1. The largest absolute Gasteiger partial charge is 0.417 e. The van der Waals surface area contributed by atoms with E-state index in [9.17, 15) is 31.2 Å². The third kappa shape index (κ3) is 5.04. The highest BCUT2D eigenvalue weighted by atomic mass is 32.2. The number of H-pyrrole nitrogens is 1. The molecule has 1 saturated heterocycles. The molecule has 156 valence electrons. The molecule has 1 aliphatic rings. The van der Waals surface area contributed by atoms with E-state index in [1.54, 1.807) is 35.2 Å². The first kappa shape index (κ1) is 21.1. The Hall–Kier alpha value is -2.66. The van der Waals surface area contributed by atoms with Crippen LogP contribution < -0.4 is 10.9 Å². The molecule has 1 aliphatic heterocycles. The number of halogens is 3. The minimum Gasteiger partial charge on any atom is -0.327 e. The highest BCUT2D eigenvalue weighted by Crippen LogP contribution is 2.30. The Morgan fingerprint density at radius 3 is 2.34 bits per heavy atom. The van der Waals surface area contributed by atoms with E-state index in [1.165, 1.54) is 0 Å². The first-order valence-corrected chi connectivity index (χ1v) is 10.5. The lowest BCUT2D eigenvalue weighted by Gasteiger charge is -2.33. The molecule has 0 spiro atoms. The second-order valence-electron chi connectivity index (χ2n) is 6.62. The summed E-state index contributed by atoms with van der Waals surface area (Å²) in [5.41, 5.74) is -1.98. The molecule has 1 atom stereocenters. The minimum atomic E-state index is -4.69. The van der Waals surface area contributed by atoms with Crippen molar-refractivity contribution in [3.8, 4) is 0 Å². The number of carbonyl (C=O) groups excluding carboxylic acids is 1. The smallest absolute Gasteiger partial charge is 0.327 e. The van der Waals surface area contributed by atoms with Gasteiger partial charge in [-0.25, -0.2) is 8.42 Å². The fourth-order valence-electron chi connectivity index (χ4n) is 3.09. The van der Waals surface area contributed by atoms with Gasteiger partial charge in [0.1, 0.15) is 11.7 Å². The van der Waals surface area contributed by atoms with Gasteiger partial charge >= 0.3 is 6.18 Å². The number of anilines is 1. The molecule has 0 bridgehead atoms. The molecule has 0 aliphatic carbocycles. The summed E-state index contributed by atoms with van der Waals surface area (Å²) >= 11 is 0. The maximum Gasteiger partial charge on any atom is 0.417 e. The number of pyridine rings is 1. The predicted octanol–water partition coefficient (Wildman–Crippen LogP) is 1.80.